The SMILES string of the molecule is O=C(CC1CCCCC1)N(CCCN1CCCC1)[C@H]1CCCNC1. The standard InChI is InChI=1S/C20H37N3O/c24-20(16-18-8-2-1-3-9-18)23(19-10-6-11-21-17-19)15-7-14-22-12-4-5-13-22/h18-19,21H,1-17H2/t19-/m0/s1. The predicted molar refractivity (Wildman–Crippen MR) is 99.1 cm³/mol. The van der Waals surface area contributed by atoms with Crippen LogP contribution in [0.2, 0.25) is 0 Å². The Morgan fingerprint density at radius 1 is 1.00 bits per heavy atom. The topological polar surface area (TPSA) is 35.6 Å². The zero-order chi connectivity index (χ0) is 16.6. The van der Waals surface area contributed by atoms with Crippen LogP contribution < -0.4 is 5.32 Å². The van der Waals surface area contributed by atoms with E-state index in [1.807, 2.05) is 0 Å². The van der Waals surface area contributed by atoms with Gasteiger partial charge in [-0.25, -0.2) is 0 Å². The van der Waals surface area contributed by atoms with Crippen molar-refractivity contribution >= 4 is 5.91 Å². The molecule has 0 aromatic rings. The molecule has 2 aliphatic heterocycles. The molecule has 1 atom stereocenters. The maximum atomic E-state index is 13.0. The summed E-state index contributed by atoms with van der Waals surface area (Å²) >= 11 is 0. The molecule has 0 bridgehead atoms. The van der Waals surface area contributed by atoms with Crippen LogP contribution >= 0.6 is 0 Å². The summed E-state index contributed by atoms with van der Waals surface area (Å²) in [6.45, 7) is 6.79. The lowest BCUT2D eigenvalue weighted by Crippen LogP contribution is -2.49. The van der Waals surface area contributed by atoms with Gasteiger partial charge >= 0.3 is 0 Å². The second kappa shape index (κ2) is 9.76. The smallest absolute Gasteiger partial charge is 0.223 e. The Morgan fingerprint density at radius 3 is 2.50 bits per heavy atom. The van der Waals surface area contributed by atoms with Crippen molar-refractivity contribution in [3.8, 4) is 0 Å². The summed E-state index contributed by atoms with van der Waals surface area (Å²) in [5, 5.41) is 3.50. The van der Waals surface area contributed by atoms with Crippen molar-refractivity contribution in [2.75, 3.05) is 39.3 Å². The monoisotopic (exact) mass is 335 g/mol. The normalized spacial score (nSPS) is 26.6. The van der Waals surface area contributed by atoms with Crippen molar-refractivity contribution in [1.82, 2.24) is 15.1 Å². The molecule has 0 aromatic carbocycles. The highest BCUT2D eigenvalue weighted by atomic mass is 16.2. The minimum Gasteiger partial charge on any atom is -0.338 e. The molecule has 1 aliphatic carbocycles. The van der Waals surface area contributed by atoms with Gasteiger partial charge in [-0.05, 0) is 77.0 Å². The summed E-state index contributed by atoms with van der Waals surface area (Å²) in [5.74, 6) is 1.10. The zero-order valence-corrected chi connectivity index (χ0v) is 15.5. The maximum absolute atomic E-state index is 13.0. The molecule has 1 amide bonds. The van der Waals surface area contributed by atoms with Gasteiger partial charge in [-0.3, -0.25) is 4.79 Å². The summed E-state index contributed by atoms with van der Waals surface area (Å²) in [4.78, 5) is 17.9. The summed E-state index contributed by atoms with van der Waals surface area (Å²) in [6.07, 6.45) is 13.6. The van der Waals surface area contributed by atoms with E-state index in [-0.39, 0.29) is 0 Å². The molecule has 2 heterocycles. The van der Waals surface area contributed by atoms with Gasteiger partial charge in [-0.1, -0.05) is 19.3 Å². The molecule has 1 saturated carbocycles. The van der Waals surface area contributed by atoms with Crippen molar-refractivity contribution in [3.05, 3.63) is 0 Å². The molecule has 4 heteroatoms. The molecule has 4 nitrogen and oxygen atoms in total. The van der Waals surface area contributed by atoms with Gasteiger partial charge in [-0.15, -0.1) is 0 Å². The molecule has 2 saturated heterocycles. The van der Waals surface area contributed by atoms with Gasteiger partial charge in [0.2, 0.25) is 5.91 Å². The van der Waals surface area contributed by atoms with E-state index in [9.17, 15) is 4.79 Å². The highest BCUT2D eigenvalue weighted by Gasteiger charge is 2.27. The average Bonchev–Trinajstić information content (AvgIpc) is 3.14. The third-order valence-corrected chi connectivity index (χ3v) is 6.29. The van der Waals surface area contributed by atoms with E-state index in [2.05, 4.69) is 15.1 Å². The Balaban J connectivity index is 1.50. The molecule has 1 N–H and O–H groups in total. The lowest BCUT2D eigenvalue weighted by molar-refractivity contribution is -0.135. The van der Waals surface area contributed by atoms with Crippen molar-refractivity contribution in [1.29, 1.82) is 0 Å². The Morgan fingerprint density at radius 2 is 1.79 bits per heavy atom. The minimum atomic E-state index is 0.438. The van der Waals surface area contributed by atoms with Crippen molar-refractivity contribution in [3.63, 3.8) is 0 Å². The van der Waals surface area contributed by atoms with Crippen molar-refractivity contribution in [2.24, 2.45) is 5.92 Å². The Bertz CT molecular complexity index is 369. The Hall–Kier alpha value is -0.610. The summed E-state index contributed by atoms with van der Waals surface area (Å²) < 4.78 is 0. The first kappa shape index (κ1) is 18.2. The number of carbonyl (C=O) groups excluding carboxylic acids is 1. The maximum Gasteiger partial charge on any atom is 0.223 e. The second-order valence-corrected chi connectivity index (χ2v) is 8.20. The molecule has 24 heavy (non-hydrogen) atoms. The van der Waals surface area contributed by atoms with Gasteiger partial charge in [-0.2, -0.15) is 0 Å². The minimum absolute atomic E-state index is 0.438. The lowest BCUT2D eigenvalue weighted by atomic mass is 9.86. The van der Waals surface area contributed by atoms with Crippen LogP contribution in [0.1, 0.15) is 70.6 Å². The number of likely N-dealkylation sites (tertiary alicyclic amines) is 1. The summed E-state index contributed by atoms with van der Waals surface area (Å²) in [6, 6.07) is 0.438. The number of hydrogen-bond acceptors (Lipinski definition) is 3. The van der Waals surface area contributed by atoms with Gasteiger partial charge < -0.3 is 15.1 Å². The number of amides is 1. The number of piperidine rings is 1. The van der Waals surface area contributed by atoms with Gasteiger partial charge in [0.15, 0.2) is 0 Å². The number of hydrogen-bond donors (Lipinski definition) is 1. The van der Waals surface area contributed by atoms with Crippen LogP contribution in [-0.4, -0.2) is 61.0 Å². The average molecular weight is 336 g/mol. The third-order valence-electron chi connectivity index (χ3n) is 6.29. The summed E-state index contributed by atoms with van der Waals surface area (Å²) in [5.41, 5.74) is 0. The first-order chi connectivity index (χ1) is 11.8. The Kier molecular flexibility index (Phi) is 7.40. The quantitative estimate of drug-likeness (QED) is 0.777. The first-order valence-corrected chi connectivity index (χ1v) is 10.6. The van der Waals surface area contributed by atoms with Crippen molar-refractivity contribution < 1.29 is 4.79 Å². The van der Waals surface area contributed by atoms with E-state index in [0.29, 0.717) is 17.9 Å². The van der Waals surface area contributed by atoms with Gasteiger partial charge in [0.25, 0.3) is 0 Å². The lowest BCUT2D eigenvalue weighted by Gasteiger charge is -2.36. The first-order valence-electron chi connectivity index (χ1n) is 10.6. The molecule has 0 radical (unpaired) electrons. The fourth-order valence-corrected chi connectivity index (χ4v) is 4.84. The molecule has 0 aromatic heterocycles. The van der Waals surface area contributed by atoms with Crippen molar-refractivity contribution in [2.45, 2.75) is 76.7 Å². The van der Waals surface area contributed by atoms with Crippen LogP contribution in [0.5, 0.6) is 0 Å². The van der Waals surface area contributed by atoms with Crippen LogP contribution in [-0.2, 0) is 4.79 Å². The van der Waals surface area contributed by atoms with E-state index >= 15 is 0 Å². The number of nitrogens with one attached hydrogen (secondary N) is 1. The molecular weight excluding hydrogens is 298 g/mol. The molecule has 0 spiro atoms. The molecule has 138 valence electrons. The molecule has 3 rings (SSSR count). The molecule has 3 fully saturated rings. The second-order valence-electron chi connectivity index (χ2n) is 8.20. The van der Waals surface area contributed by atoms with Crippen LogP contribution in [0, 0.1) is 5.92 Å². The molecule has 0 unspecified atom stereocenters. The van der Waals surface area contributed by atoms with Gasteiger partial charge in [0, 0.05) is 25.6 Å². The van der Waals surface area contributed by atoms with Gasteiger partial charge in [0.1, 0.15) is 0 Å². The number of nitrogens with zero attached hydrogens (tertiary/aromatic N) is 2. The van der Waals surface area contributed by atoms with Crippen LogP contribution in [0.3, 0.4) is 0 Å². The van der Waals surface area contributed by atoms with E-state index in [1.54, 1.807) is 0 Å². The largest absolute Gasteiger partial charge is 0.338 e. The predicted octanol–water partition coefficient (Wildman–Crippen LogP) is 3.02. The highest BCUT2D eigenvalue weighted by molar-refractivity contribution is 5.76. The summed E-state index contributed by atoms with van der Waals surface area (Å²) in [7, 11) is 0. The molecule has 3 aliphatic rings. The van der Waals surface area contributed by atoms with E-state index in [1.165, 1.54) is 77.4 Å². The fourth-order valence-electron chi connectivity index (χ4n) is 4.84. The van der Waals surface area contributed by atoms with Crippen LogP contribution in [0.4, 0.5) is 0 Å². The number of rotatable bonds is 7. The fraction of sp³-hybridized carbons (Fsp3) is 0.950. The van der Waals surface area contributed by atoms with E-state index in [4.69, 9.17) is 0 Å². The van der Waals surface area contributed by atoms with Gasteiger partial charge in [0.05, 0.1) is 0 Å². The van der Waals surface area contributed by atoms with E-state index in [0.717, 1.165) is 32.5 Å². The third kappa shape index (κ3) is 5.45. The van der Waals surface area contributed by atoms with Crippen LogP contribution in [0.25, 0.3) is 0 Å². The van der Waals surface area contributed by atoms with E-state index < -0.39 is 0 Å². The zero-order valence-electron chi connectivity index (χ0n) is 15.5. The molecular formula is C20H37N3O. The Labute approximate surface area is 148 Å². The van der Waals surface area contributed by atoms with Crippen LogP contribution in [0.15, 0.2) is 0 Å². The highest BCUT2D eigenvalue weighted by Crippen LogP contribution is 2.27. The number of carbonyl (C=O) groups is 1.